The number of halogens is 3. The molecular weight excluding hydrogens is 268 g/mol. The molecule has 1 N–H and O–H groups in total. The number of aromatic nitrogens is 1. The van der Waals surface area contributed by atoms with Gasteiger partial charge in [-0.25, -0.2) is 8.78 Å². The maximum atomic E-state index is 13.3. The van der Waals surface area contributed by atoms with Gasteiger partial charge in [0, 0.05) is 15.9 Å². The third-order valence-corrected chi connectivity index (χ3v) is 3.35. The van der Waals surface area contributed by atoms with E-state index in [-0.39, 0.29) is 5.56 Å². The molecule has 0 saturated carbocycles. The Balaban J connectivity index is 2.28. The monoisotopic (exact) mass is 277 g/mol. The second kappa shape index (κ2) is 4.67. The van der Waals surface area contributed by atoms with Gasteiger partial charge in [0.25, 0.3) is 6.43 Å². The fraction of sp³-hybridized carbons (Fsp3) is 0.0667. The normalized spacial score (nSPS) is 11.4. The van der Waals surface area contributed by atoms with E-state index < -0.39 is 6.43 Å². The molecule has 4 heteroatoms. The number of aromatic amines is 1. The van der Waals surface area contributed by atoms with Crippen LogP contribution >= 0.6 is 11.6 Å². The molecule has 2 aromatic carbocycles. The summed E-state index contributed by atoms with van der Waals surface area (Å²) in [4.78, 5) is 3.06. The molecule has 0 aliphatic rings. The Morgan fingerprint density at radius 2 is 1.63 bits per heavy atom. The maximum Gasteiger partial charge on any atom is 0.266 e. The van der Waals surface area contributed by atoms with Crippen LogP contribution in [0.5, 0.6) is 0 Å². The highest BCUT2D eigenvalue weighted by molar-refractivity contribution is 6.30. The van der Waals surface area contributed by atoms with Crippen LogP contribution in [0.4, 0.5) is 8.78 Å². The molecule has 1 aromatic heterocycles. The Morgan fingerprint density at radius 1 is 0.947 bits per heavy atom. The summed E-state index contributed by atoms with van der Waals surface area (Å²) in [7, 11) is 0. The number of H-pyrrole nitrogens is 1. The number of hydrogen-bond acceptors (Lipinski definition) is 0. The molecule has 0 atom stereocenters. The molecule has 96 valence electrons. The van der Waals surface area contributed by atoms with Crippen molar-refractivity contribution in [3.63, 3.8) is 0 Å². The second-order valence-electron chi connectivity index (χ2n) is 4.27. The highest BCUT2D eigenvalue weighted by atomic mass is 35.5. The zero-order chi connectivity index (χ0) is 13.4. The Kier molecular flexibility index (Phi) is 2.99. The fourth-order valence-corrected chi connectivity index (χ4v) is 2.36. The maximum absolute atomic E-state index is 13.3. The van der Waals surface area contributed by atoms with Gasteiger partial charge in [-0.15, -0.1) is 0 Å². The van der Waals surface area contributed by atoms with Crippen LogP contribution in [0.15, 0.2) is 48.5 Å². The largest absolute Gasteiger partial charge is 0.354 e. The van der Waals surface area contributed by atoms with Gasteiger partial charge in [-0.05, 0) is 23.8 Å². The first kappa shape index (κ1) is 12.2. The molecule has 0 bridgehead atoms. The minimum absolute atomic E-state index is 0.0397. The average molecular weight is 278 g/mol. The number of hydrogen-bond donors (Lipinski definition) is 1. The highest BCUT2D eigenvalue weighted by Gasteiger charge is 2.20. The van der Waals surface area contributed by atoms with Crippen molar-refractivity contribution < 1.29 is 8.78 Å². The Bertz CT molecular complexity index is 717. The summed E-state index contributed by atoms with van der Waals surface area (Å²) in [6.45, 7) is 0. The van der Waals surface area contributed by atoms with Crippen LogP contribution in [0, 0.1) is 0 Å². The van der Waals surface area contributed by atoms with E-state index in [2.05, 4.69) is 4.98 Å². The first-order chi connectivity index (χ1) is 9.16. The lowest BCUT2D eigenvalue weighted by molar-refractivity contribution is 0.154. The molecule has 0 unspecified atom stereocenters. The minimum Gasteiger partial charge on any atom is -0.354 e. The summed E-state index contributed by atoms with van der Waals surface area (Å²) < 4.78 is 26.6. The Hall–Kier alpha value is -1.87. The van der Waals surface area contributed by atoms with Gasteiger partial charge in [0.15, 0.2) is 0 Å². The van der Waals surface area contributed by atoms with Crippen LogP contribution in [-0.2, 0) is 0 Å². The van der Waals surface area contributed by atoms with Crippen molar-refractivity contribution >= 4 is 22.5 Å². The summed E-state index contributed by atoms with van der Waals surface area (Å²) in [6.07, 6.45) is -2.53. The molecule has 3 aromatic rings. The predicted octanol–water partition coefficient (Wildman–Crippen LogP) is 5.43. The topological polar surface area (TPSA) is 15.8 Å². The zero-order valence-corrected chi connectivity index (χ0v) is 10.6. The molecule has 1 nitrogen and oxygen atoms in total. The standard InChI is InChI=1S/C15H10ClF2N/c16-10-7-5-9(6-8-10)14-13(15(17)18)11-3-1-2-4-12(11)19-14/h1-8,15,19H. The van der Waals surface area contributed by atoms with Gasteiger partial charge in [0.05, 0.1) is 11.3 Å². The van der Waals surface area contributed by atoms with E-state index in [0.717, 1.165) is 0 Å². The van der Waals surface area contributed by atoms with Crippen LogP contribution in [0.2, 0.25) is 5.02 Å². The molecule has 0 fully saturated rings. The van der Waals surface area contributed by atoms with E-state index in [0.29, 0.717) is 27.2 Å². The van der Waals surface area contributed by atoms with Gasteiger partial charge < -0.3 is 4.98 Å². The summed E-state index contributed by atoms with van der Waals surface area (Å²) in [5.41, 5.74) is 1.91. The second-order valence-corrected chi connectivity index (χ2v) is 4.70. The van der Waals surface area contributed by atoms with Crippen molar-refractivity contribution in [3.8, 4) is 11.3 Å². The lowest BCUT2D eigenvalue weighted by Gasteiger charge is -2.04. The fourth-order valence-electron chi connectivity index (χ4n) is 2.23. The van der Waals surface area contributed by atoms with Gasteiger partial charge in [-0.1, -0.05) is 41.9 Å². The summed E-state index contributed by atoms with van der Waals surface area (Å²) in [5.74, 6) is 0. The first-order valence-electron chi connectivity index (χ1n) is 5.81. The molecule has 0 saturated heterocycles. The van der Waals surface area contributed by atoms with Crippen molar-refractivity contribution in [2.45, 2.75) is 6.43 Å². The van der Waals surface area contributed by atoms with E-state index >= 15 is 0 Å². The Morgan fingerprint density at radius 3 is 2.32 bits per heavy atom. The molecule has 0 aliphatic carbocycles. The van der Waals surface area contributed by atoms with E-state index in [9.17, 15) is 8.78 Å². The van der Waals surface area contributed by atoms with Crippen LogP contribution < -0.4 is 0 Å². The van der Waals surface area contributed by atoms with Crippen LogP contribution in [0.25, 0.3) is 22.2 Å². The lowest BCUT2D eigenvalue weighted by atomic mass is 10.1. The van der Waals surface area contributed by atoms with Gasteiger partial charge in [-0.2, -0.15) is 0 Å². The molecule has 0 aliphatic heterocycles. The van der Waals surface area contributed by atoms with Gasteiger partial charge in [0.2, 0.25) is 0 Å². The number of nitrogens with one attached hydrogen (secondary N) is 1. The quantitative estimate of drug-likeness (QED) is 0.643. The smallest absolute Gasteiger partial charge is 0.266 e. The van der Waals surface area contributed by atoms with E-state index in [4.69, 9.17) is 11.6 Å². The van der Waals surface area contributed by atoms with Crippen molar-refractivity contribution in [2.75, 3.05) is 0 Å². The third-order valence-electron chi connectivity index (χ3n) is 3.10. The molecular formula is C15H10ClF2N. The van der Waals surface area contributed by atoms with Crippen molar-refractivity contribution in [3.05, 3.63) is 59.1 Å². The summed E-state index contributed by atoms with van der Waals surface area (Å²) >= 11 is 5.82. The Labute approximate surface area is 113 Å². The van der Waals surface area contributed by atoms with Crippen molar-refractivity contribution in [1.29, 1.82) is 0 Å². The van der Waals surface area contributed by atoms with E-state index in [1.54, 1.807) is 42.5 Å². The molecule has 1 heterocycles. The van der Waals surface area contributed by atoms with Crippen LogP contribution in [0.1, 0.15) is 12.0 Å². The number of para-hydroxylation sites is 1. The molecule has 0 radical (unpaired) electrons. The zero-order valence-electron chi connectivity index (χ0n) is 9.83. The molecule has 0 spiro atoms. The molecule has 3 rings (SSSR count). The number of rotatable bonds is 2. The van der Waals surface area contributed by atoms with Gasteiger partial charge in [-0.3, -0.25) is 0 Å². The number of alkyl halides is 2. The third kappa shape index (κ3) is 2.10. The van der Waals surface area contributed by atoms with Crippen LogP contribution in [-0.4, -0.2) is 4.98 Å². The predicted molar refractivity (Wildman–Crippen MR) is 73.7 cm³/mol. The highest BCUT2D eigenvalue weighted by Crippen LogP contribution is 2.37. The minimum atomic E-state index is -2.53. The number of benzene rings is 2. The molecule has 0 amide bonds. The van der Waals surface area contributed by atoms with Crippen molar-refractivity contribution in [2.24, 2.45) is 0 Å². The summed E-state index contributed by atoms with van der Waals surface area (Å²) in [6, 6.07) is 13.9. The average Bonchev–Trinajstić information content (AvgIpc) is 2.78. The number of fused-ring (bicyclic) bond motifs is 1. The SMILES string of the molecule is FC(F)c1c(-c2ccc(Cl)cc2)[nH]c2ccccc12. The van der Waals surface area contributed by atoms with Crippen LogP contribution in [0.3, 0.4) is 0 Å². The van der Waals surface area contributed by atoms with Gasteiger partial charge in [0.1, 0.15) is 0 Å². The lowest BCUT2D eigenvalue weighted by Crippen LogP contribution is -1.87. The van der Waals surface area contributed by atoms with E-state index in [1.165, 1.54) is 0 Å². The van der Waals surface area contributed by atoms with E-state index in [1.807, 2.05) is 6.07 Å². The van der Waals surface area contributed by atoms with Gasteiger partial charge >= 0.3 is 0 Å². The molecule has 19 heavy (non-hydrogen) atoms. The van der Waals surface area contributed by atoms with Crippen molar-refractivity contribution in [1.82, 2.24) is 4.98 Å². The first-order valence-corrected chi connectivity index (χ1v) is 6.19. The summed E-state index contributed by atoms with van der Waals surface area (Å²) in [5, 5.41) is 1.14.